The Morgan fingerprint density at radius 2 is 1.60 bits per heavy atom. The molecule has 0 atom stereocenters. The third-order valence-corrected chi connectivity index (χ3v) is 6.16. The lowest BCUT2D eigenvalue weighted by Gasteiger charge is -2.14. The van der Waals surface area contributed by atoms with E-state index >= 15 is 0 Å². The molecule has 0 bridgehead atoms. The van der Waals surface area contributed by atoms with Crippen LogP contribution in [-0.4, -0.2) is 29.2 Å². The second kappa shape index (κ2) is 10.3. The second-order valence-corrected chi connectivity index (χ2v) is 9.05. The van der Waals surface area contributed by atoms with E-state index in [0.717, 1.165) is 11.0 Å². The monoisotopic (exact) mass is 551 g/mol. The van der Waals surface area contributed by atoms with Crippen molar-refractivity contribution >= 4 is 28.8 Å². The number of nitrogens with zero attached hydrogens (tertiary/aromatic N) is 1. The molecule has 1 aliphatic rings. The van der Waals surface area contributed by atoms with Crippen LogP contribution >= 0.6 is 0 Å². The molecule has 1 aliphatic heterocycles. The van der Waals surface area contributed by atoms with Gasteiger partial charge in [0.1, 0.15) is 17.1 Å². The summed E-state index contributed by atoms with van der Waals surface area (Å²) < 4.78 is 57.0. The van der Waals surface area contributed by atoms with Crippen molar-refractivity contribution in [3.63, 3.8) is 0 Å². The average Bonchev–Trinajstić information content (AvgIpc) is 3.14. The van der Waals surface area contributed by atoms with E-state index in [1.165, 1.54) is 24.3 Å². The molecule has 0 unspecified atom stereocenters. The first-order valence-corrected chi connectivity index (χ1v) is 12.1. The van der Waals surface area contributed by atoms with E-state index in [4.69, 9.17) is 13.9 Å². The van der Waals surface area contributed by atoms with Crippen molar-refractivity contribution in [2.24, 2.45) is 0 Å². The lowest BCUT2D eigenvalue weighted by molar-refractivity contribution is -0.154. The van der Waals surface area contributed by atoms with Crippen molar-refractivity contribution in [3.05, 3.63) is 99.4 Å². The van der Waals surface area contributed by atoms with Gasteiger partial charge in [0.2, 0.25) is 11.2 Å². The summed E-state index contributed by atoms with van der Waals surface area (Å²) in [5, 5.41) is -0.207. The summed E-state index contributed by atoms with van der Waals surface area (Å²) in [6, 6.07) is 16.0. The zero-order chi connectivity index (χ0) is 28.6. The fraction of sp³-hybridized carbons (Fsp3) is 0.172. The van der Waals surface area contributed by atoms with E-state index in [9.17, 15) is 32.3 Å². The maximum Gasteiger partial charge on any atom is 0.453 e. The van der Waals surface area contributed by atoms with Gasteiger partial charge in [0.05, 0.1) is 16.5 Å². The van der Waals surface area contributed by atoms with Gasteiger partial charge in [-0.05, 0) is 55.3 Å². The summed E-state index contributed by atoms with van der Waals surface area (Å²) in [6.45, 7) is 1.69. The van der Waals surface area contributed by atoms with Crippen LogP contribution in [0.1, 0.15) is 44.9 Å². The number of amides is 2. The molecule has 0 spiro atoms. The lowest BCUT2D eigenvalue weighted by atomic mass is 10.1. The van der Waals surface area contributed by atoms with Gasteiger partial charge in [0.15, 0.2) is 0 Å². The van der Waals surface area contributed by atoms with Gasteiger partial charge in [-0.3, -0.25) is 24.1 Å². The van der Waals surface area contributed by atoms with E-state index in [0.29, 0.717) is 16.7 Å². The van der Waals surface area contributed by atoms with Crippen LogP contribution in [0.4, 0.5) is 13.2 Å². The first-order chi connectivity index (χ1) is 19.0. The molecule has 0 N–H and O–H groups in total. The highest BCUT2D eigenvalue weighted by atomic mass is 19.4. The number of aryl methyl sites for hydroxylation is 1. The molecule has 2 amide bonds. The smallest absolute Gasteiger partial charge is 0.449 e. The van der Waals surface area contributed by atoms with E-state index in [1.807, 2.05) is 0 Å². The fourth-order valence-electron chi connectivity index (χ4n) is 4.30. The first kappa shape index (κ1) is 26.7. The molecule has 0 saturated carbocycles. The number of carbonyl (C=O) groups excluding carboxylic acids is 3. The van der Waals surface area contributed by atoms with Crippen molar-refractivity contribution in [1.29, 1.82) is 0 Å². The van der Waals surface area contributed by atoms with Crippen molar-refractivity contribution in [2.45, 2.75) is 25.9 Å². The van der Waals surface area contributed by atoms with Crippen molar-refractivity contribution in [2.75, 3.05) is 6.54 Å². The Labute approximate surface area is 224 Å². The molecule has 0 saturated heterocycles. The van der Waals surface area contributed by atoms with E-state index in [1.54, 1.807) is 43.3 Å². The number of rotatable bonds is 7. The van der Waals surface area contributed by atoms with Crippen LogP contribution in [0.5, 0.6) is 17.2 Å². The van der Waals surface area contributed by atoms with Gasteiger partial charge in [-0.15, -0.1) is 0 Å². The normalized spacial score (nSPS) is 13.1. The van der Waals surface area contributed by atoms with Crippen LogP contribution in [0, 0.1) is 6.92 Å². The van der Waals surface area contributed by atoms with E-state index < -0.39 is 46.5 Å². The van der Waals surface area contributed by atoms with Crippen LogP contribution in [0.2, 0.25) is 0 Å². The molecule has 0 fully saturated rings. The van der Waals surface area contributed by atoms with Crippen molar-refractivity contribution in [1.82, 2.24) is 4.90 Å². The summed E-state index contributed by atoms with van der Waals surface area (Å²) in [5.41, 5.74) is -0.206. The molecular weight excluding hydrogens is 531 g/mol. The maximum absolute atomic E-state index is 13.8. The van der Waals surface area contributed by atoms with E-state index in [2.05, 4.69) is 0 Å². The molecule has 11 heteroatoms. The minimum atomic E-state index is -5.05. The number of alkyl halides is 3. The number of benzene rings is 3. The van der Waals surface area contributed by atoms with Crippen LogP contribution in [0.15, 0.2) is 75.9 Å². The summed E-state index contributed by atoms with van der Waals surface area (Å²) in [7, 11) is 0. The number of halogens is 3. The molecule has 2 heterocycles. The minimum Gasteiger partial charge on any atom is -0.449 e. The SMILES string of the molecule is Cc1cccc(Oc2c(C(F)(F)F)oc3cc(OC(=O)CCCN4C(=O)c5ccccc5C4=O)ccc3c2=O)c1. The third kappa shape index (κ3) is 5.18. The fourth-order valence-corrected chi connectivity index (χ4v) is 4.30. The van der Waals surface area contributed by atoms with Gasteiger partial charge in [-0.25, -0.2) is 0 Å². The number of hydrogen-bond donors (Lipinski definition) is 0. The highest BCUT2D eigenvalue weighted by molar-refractivity contribution is 6.21. The Kier molecular flexibility index (Phi) is 6.88. The summed E-state index contributed by atoms with van der Waals surface area (Å²) in [6.07, 6.45) is -5.14. The van der Waals surface area contributed by atoms with Gasteiger partial charge in [-0.1, -0.05) is 24.3 Å². The summed E-state index contributed by atoms with van der Waals surface area (Å²) in [4.78, 5) is 51.2. The quantitative estimate of drug-likeness (QED) is 0.160. The lowest BCUT2D eigenvalue weighted by Crippen LogP contribution is -2.31. The standard InChI is InChI=1S/C29H20F3NO7/c1-16-6-4-7-17(14-16)39-25-24(35)21-12-11-18(15-22(21)40-26(25)29(30,31)32)38-23(34)10-5-13-33-27(36)19-8-2-3-9-20(19)28(33)37/h2-4,6-9,11-12,14-15H,5,10,13H2,1H3. The summed E-state index contributed by atoms with van der Waals surface area (Å²) in [5.74, 6) is -4.42. The molecule has 204 valence electrons. The van der Waals surface area contributed by atoms with Crippen molar-refractivity contribution in [3.8, 4) is 17.2 Å². The van der Waals surface area contributed by atoms with E-state index in [-0.39, 0.29) is 36.3 Å². The number of carbonyl (C=O) groups is 3. The number of fused-ring (bicyclic) bond motifs is 2. The molecule has 0 radical (unpaired) electrons. The highest BCUT2D eigenvalue weighted by Crippen LogP contribution is 2.38. The highest BCUT2D eigenvalue weighted by Gasteiger charge is 2.40. The summed E-state index contributed by atoms with van der Waals surface area (Å²) >= 11 is 0. The Bertz CT molecular complexity index is 1690. The molecule has 8 nitrogen and oxygen atoms in total. The average molecular weight is 551 g/mol. The zero-order valence-electron chi connectivity index (χ0n) is 20.9. The van der Waals surface area contributed by atoms with Crippen LogP contribution < -0.4 is 14.9 Å². The van der Waals surface area contributed by atoms with Gasteiger partial charge < -0.3 is 13.9 Å². The predicted molar refractivity (Wildman–Crippen MR) is 135 cm³/mol. The van der Waals surface area contributed by atoms with Crippen LogP contribution in [0.3, 0.4) is 0 Å². The molecule has 3 aromatic carbocycles. The van der Waals surface area contributed by atoms with Crippen LogP contribution in [-0.2, 0) is 11.0 Å². The van der Waals surface area contributed by atoms with Gasteiger partial charge >= 0.3 is 12.1 Å². The first-order valence-electron chi connectivity index (χ1n) is 12.1. The number of esters is 1. The third-order valence-electron chi connectivity index (χ3n) is 6.16. The van der Waals surface area contributed by atoms with Crippen molar-refractivity contribution < 1.29 is 41.4 Å². The Balaban J connectivity index is 1.31. The molecular formula is C29H20F3NO7. The largest absolute Gasteiger partial charge is 0.453 e. The van der Waals surface area contributed by atoms with Gasteiger partial charge in [0.25, 0.3) is 17.6 Å². The predicted octanol–water partition coefficient (Wildman–Crippen LogP) is 5.89. The topological polar surface area (TPSA) is 103 Å². The zero-order valence-corrected chi connectivity index (χ0v) is 20.9. The molecule has 0 aliphatic carbocycles. The van der Waals surface area contributed by atoms with Crippen LogP contribution in [0.25, 0.3) is 11.0 Å². The van der Waals surface area contributed by atoms with Gasteiger partial charge in [0, 0.05) is 19.0 Å². The number of hydrogen-bond acceptors (Lipinski definition) is 7. The molecule has 40 heavy (non-hydrogen) atoms. The number of imide groups is 1. The molecule has 1 aromatic heterocycles. The van der Waals surface area contributed by atoms with Gasteiger partial charge in [-0.2, -0.15) is 13.2 Å². The number of ether oxygens (including phenoxy) is 2. The minimum absolute atomic E-state index is 0.0211. The Morgan fingerprint density at radius 1 is 0.900 bits per heavy atom. The second-order valence-electron chi connectivity index (χ2n) is 9.05. The Morgan fingerprint density at radius 3 is 2.25 bits per heavy atom. The molecule has 4 aromatic rings. The maximum atomic E-state index is 13.8. The molecule has 5 rings (SSSR count). The Hall–Kier alpha value is -4.93.